The Kier molecular flexibility index (Phi) is 5.90. The Labute approximate surface area is 113 Å². The van der Waals surface area contributed by atoms with E-state index >= 15 is 0 Å². The normalized spacial score (nSPS) is 13.3. The molecule has 1 rings (SSSR count). The molecular weight excluding hydrogens is 270 g/mol. The van der Waals surface area contributed by atoms with Gasteiger partial charge < -0.3 is 5.32 Å². The van der Waals surface area contributed by atoms with Crippen molar-refractivity contribution in [3.63, 3.8) is 0 Å². The minimum absolute atomic E-state index is 0.0472. The van der Waals surface area contributed by atoms with Crippen molar-refractivity contribution < 1.29 is 8.42 Å². The summed E-state index contributed by atoms with van der Waals surface area (Å²) in [5.74, 6) is 1.41. The summed E-state index contributed by atoms with van der Waals surface area (Å²) in [5.41, 5.74) is 0. The number of nitrogens with one attached hydrogen (secondary N) is 2. The topological polar surface area (TPSA) is 71.1 Å². The molecule has 1 heterocycles. The minimum atomic E-state index is -3.47. The summed E-state index contributed by atoms with van der Waals surface area (Å²) in [6.45, 7) is 1.96. The van der Waals surface area contributed by atoms with E-state index in [-0.39, 0.29) is 10.9 Å². The first kappa shape index (κ1) is 15.3. The molecule has 0 aliphatic carbocycles. The highest BCUT2D eigenvalue weighted by molar-refractivity contribution is 7.98. The van der Waals surface area contributed by atoms with Crippen LogP contribution in [0.1, 0.15) is 13.3 Å². The van der Waals surface area contributed by atoms with Gasteiger partial charge in [0, 0.05) is 25.0 Å². The van der Waals surface area contributed by atoms with E-state index in [0.29, 0.717) is 5.82 Å². The van der Waals surface area contributed by atoms with Crippen LogP contribution in [-0.2, 0) is 10.0 Å². The standard InChI is InChI=1S/C11H19N3O2S2/c1-4-9(8-17-3)14-18(15,16)10-5-6-11(12-2)13-7-10/h5-7,9,14H,4,8H2,1-3H3,(H,12,13). The highest BCUT2D eigenvalue weighted by Gasteiger charge is 2.18. The fourth-order valence-electron chi connectivity index (χ4n) is 1.41. The molecule has 1 aromatic rings. The summed E-state index contributed by atoms with van der Waals surface area (Å²) in [6.07, 6.45) is 4.09. The van der Waals surface area contributed by atoms with E-state index in [0.717, 1.165) is 12.2 Å². The molecular formula is C11H19N3O2S2. The number of nitrogens with zero attached hydrogens (tertiary/aromatic N) is 1. The lowest BCUT2D eigenvalue weighted by atomic mass is 10.3. The maximum atomic E-state index is 12.1. The van der Waals surface area contributed by atoms with E-state index in [1.54, 1.807) is 30.9 Å². The number of hydrogen-bond acceptors (Lipinski definition) is 5. The number of aromatic nitrogens is 1. The molecule has 0 aliphatic heterocycles. The van der Waals surface area contributed by atoms with Crippen molar-refractivity contribution in [2.75, 3.05) is 24.4 Å². The van der Waals surface area contributed by atoms with E-state index < -0.39 is 10.0 Å². The van der Waals surface area contributed by atoms with Gasteiger partial charge in [0.05, 0.1) is 0 Å². The van der Waals surface area contributed by atoms with Gasteiger partial charge in [-0.2, -0.15) is 11.8 Å². The minimum Gasteiger partial charge on any atom is -0.373 e. The van der Waals surface area contributed by atoms with E-state index in [1.165, 1.54) is 6.20 Å². The molecule has 0 fully saturated rings. The Morgan fingerprint density at radius 1 is 1.44 bits per heavy atom. The average Bonchev–Trinajstić information content (AvgIpc) is 2.38. The molecule has 0 aliphatic rings. The molecule has 1 aromatic heterocycles. The first-order chi connectivity index (χ1) is 8.53. The van der Waals surface area contributed by atoms with Crippen molar-refractivity contribution in [3.8, 4) is 0 Å². The number of pyridine rings is 1. The van der Waals surface area contributed by atoms with Gasteiger partial charge in [0.25, 0.3) is 0 Å². The van der Waals surface area contributed by atoms with Gasteiger partial charge in [-0.1, -0.05) is 6.92 Å². The van der Waals surface area contributed by atoms with Crippen molar-refractivity contribution in [3.05, 3.63) is 18.3 Å². The van der Waals surface area contributed by atoms with Crippen LogP contribution >= 0.6 is 11.8 Å². The average molecular weight is 289 g/mol. The van der Waals surface area contributed by atoms with Crippen LogP contribution in [0.3, 0.4) is 0 Å². The lowest BCUT2D eigenvalue weighted by molar-refractivity contribution is 0.558. The highest BCUT2D eigenvalue weighted by atomic mass is 32.2. The fraction of sp³-hybridized carbons (Fsp3) is 0.545. The van der Waals surface area contributed by atoms with Crippen LogP contribution in [0.15, 0.2) is 23.2 Å². The maximum Gasteiger partial charge on any atom is 0.242 e. The van der Waals surface area contributed by atoms with Crippen LogP contribution in [0.4, 0.5) is 5.82 Å². The maximum absolute atomic E-state index is 12.1. The van der Waals surface area contributed by atoms with Crippen molar-refractivity contribution in [2.24, 2.45) is 0 Å². The summed E-state index contributed by atoms with van der Waals surface area (Å²) in [6, 6.07) is 3.14. The number of anilines is 1. The Morgan fingerprint density at radius 3 is 2.61 bits per heavy atom. The molecule has 7 heteroatoms. The smallest absolute Gasteiger partial charge is 0.242 e. The second-order valence-corrected chi connectivity index (χ2v) is 6.44. The molecule has 0 radical (unpaired) electrons. The van der Waals surface area contributed by atoms with E-state index in [2.05, 4.69) is 15.0 Å². The van der Waals surface area contributed by atoms with Crippen molar-refractivity contribution in [1.82, 2.24) is 9.71 Å². The van der Waals surface area contributed by atoms with E-state index in [1.807, 2.05) is 13.2 Å². The molecule has 1 atom stereocenters. The summed E-state index contributed by atoms with van der Waals surface area (Å²) < 4.78 is 26.9. The third kappa shape index (κ3) is 4.15. The van der Waals surface area contributed by atoms with Gasteiger partial charge in [-0.25, -0.2) is 18.1 Å². The predicted molar refractivity (Wildman–Crippen MR) is 76.6 cm³/mol. The molecule has 0 bridgehead atoms. The van der Waals surface area contributed by atoms with Gasteiger partial charge in [-0.15, -0.1) is 0 Å². The molecule has 0 saturated carbocycles. The Morgan fingerprint density at radius 2 is 2.17 bits per heavy atom. The van der Waals surface area contributed by atoms with E-state index in [9.17, 15) is 8.42 Å². The third-order valence-electron chi connectivity index (χ3n) is 2.49. The monoisotopic (exact) mass is 289 g/mol. The second kappa shape index (κ2) is 6.96. The molecule has 1 unspecified atom stereocenters. The number of hydrogen-bond donors (Lipinski definition) is 2. The van der Waals surface area contributed by atoms with Gasteiger partial charge in [-0.05, 0) is 24.8 Å². The van der Waals surface area contributed by atoms with Gasteiger partial charge in [-0.3, -0.25) is 0 Å². The summed E-state index contributed by atoms with van der Waals surface area (Å²) in [7, 11) is -1.74. The van der Waals surface area contributed by atoms with Crippen LogP contribution in [0.25, 0.3) is 0 Å². The van der Waals surface area contributed by atoms with Crippen LogP contribution in [0, 0.1) is 0 Å². The van der Waals surface area contributed by atoms with Gasteiger partial charge >= 0.3 is 0 Å². The summed E-state index contributed by atoms with van der Waals surface area (Å²) in [4.78, 5) is 4.20. The summed E-state index contributed by atoms with van der Waals surface area (Å²) >= 11 is 1.62. The summed E-state index contributed by atoms with van der Waals surface area (Å²) in [5, 5.41) is 2.85. The fourth-order valence-corrected chi connectivity index (χ4v) is 3.50. The highest BCUT2D eigenvalue weighted by Crippen LogP contribution is 2.12. The zero-order valence-corrected chi connectivity index (χ0v) is 12.4. The van der Waals surface area contributed by atoms with Crippen LogP contribution < -0.4 is 10.0 Å². The number of thioether (sulfide) groups is 1. The SMILES string of the molecule is CCC(CSC)NS(=O)(=O)c1ccc(NC)nc1. The zero-order chi connectivity index (χ0) is 13.6. The molecule has 0 spiro atoms. The van der Waals surface area contributed by atoms with Crippen LogP contribution in [0.2, 0.25) is 0 Å². The third-order valence-corrected chi connectivity index (χ3v) is 4.73. The first-order valence-corrected chi connectivity index (χ1v) is 8.56. The largest absolute Gasteiger partial charge is 0.373 e. The molecule has 102 valence electrons. The quantitative estimate of drug-likeness (QED) is 0.797. The Hall–Kier alpha value is -0.790. The van der Waals surface area contributed by atoms with Crippen LogP contribution in [-0.4, -0.2) is 38.5 Å². The zero-order valence-electron chi connectivity index (χ0n) is 10.8. The molecule has 18 heavy (non-hydrogen) atoms. The van der Waals surface area contributed by atoms with Crippen molar-refractivity contribution >= 4 is 27.6 Å². The van der Waals surface area contributed by atoms with Gasteiger partial charge in [0.1, 0.15) is 10.7 Å². The predicted octanol–water partition coefficient (Wildman–Crippen LogP) is 1.54. The lowest BCUT2D eigenvalue weighted by Gasteiger charge is -2.15. The van der Waals surface area contributed by atoms with Crippen LogP contribution in [0.5, 0.6) is 0 Å². The number of sulfonamides is 1. The molecule has 2 N–H and O–H groups in total. The van der Waals surface area contributed by atoms with Crippen molar-refractivity contribution in [2.45, 2.75) is 24.3 Å². The Bertz CT molecular complexity index is 460. The molecule has 0 aromatic carbocycles. The molecule has 0 saturated heterocycles. The van der Waals surface area contributed by atoms with Gasteiger partial charge in [0.15, 0.2) is 0 Å². The second-order valence-electron chi connectivity index (χ2n) is 3.81. The van der Waals surface area contributed by atoms with E-state index in [4.69, 9.17) is 0 Å². The van der Waals surface area contributed by atoms with Gasteiger partial charge in [0.2, 0.25) is 10.0 Å². The molecule has 5 nitrogen and oxygen atoms in total. The lowest BCUT2D eigenvalue weighted by Crippen LogP contribution is -2.36. The first-order valence-electron chi connectivity index (χ1n) is 5.68. The molecule has 0 amide bonds. The number of rotatable bonds is 7. The van der Waals surface area contributed by atoms with Crippen molar-refractivity contribution in [1.29, 1.82) is 0 Å². The Balaban J connectivity index is 2.84.